The summed E-state index contributed by atoms with van der Waals surface area (Å²) in [5, 5.41) is 3.97. The Balaban J connectivity index is 1.53. The van der Waals surface area contributed by atoms with Crippen LogP contribution in [0.4, 0.5) is 10.2 Å². The molecule has 130 valence electrons. The highest BCUT2D eigenvalue weighted by atomic mass is 19.1. The van der Waals surface area contributed by atoms with Crippen LogP contribution in [0, 0.1) is 12.7 Å². The number of nitrogens with zero attached hydrogens (tertiary/aromatic N) is 4. The molecule has 0 saturated carbocycles. The zero-order valence-electron chi connectivity index (χ0n) is 14.4. The van der Waals surface area contributed by atoms with Gasteiger partial charge in [0.15, 0.2) is 0 Å². The first-order valence-electron chi connectivity index (χ1n) is 8.39. The maximum atomic E-state index is 13.6. The molecule has 0 fully saturated rings. The molecule has 4 aromatic rings. The van der Waals surface area contributed by atoms with Crippen molar-refractivity contribution in [3.8, 4) is 0 Å². The van der Waals surface area contributed by atoms with Gasteiger partial charge in [0.1, 0.15) is 23.8 Å². The summed E-state index contributed by atoms with van der Waals surface area (Å²) in [4.78, 5) is 12.7. The van der Waals surface area contributed by atoms with E-state index in [0.29, 0.717) is 23.3 Å². The fraction of sp³-hybridized carbons (Fsp3) is 0.150. The highest BCUT2D eigenvalue weighted by Crippen LogP contribution is 2.21. The smallest absolute Gasteiger partial charge is 0.137 e. The average molecular weight is 347 g/mol. The van der Waals surface area contributed by atoms with Crippen molar-refractivity contribution in [2.24, 2.45) is 0 Å². The summed E-state index contributed by atoms with van der Waals surface area (Å²) < 4.78 is 15.7. The molecule has 26 heavy (non-hydrogen) atoms. The summed E-state index contributed by atoms with van der Waals surface area (Å²) in [6, 6.07) is 12.9. The molecule has 5 nitrogen and oxygen atoms in total. The molecule has 2 heterocycles. The lowest BCUT2D eigenvalue weighted by Crippen LogP contribution is -2.05. The fourth-order valence-corrected chi connectivity index (χ4v) is 2.96. The van der Waals surface area contributed by atoms with E-state index in [1.54, 1.807) is 12.3 Å². The summed E-state index contributed by atoms with van der Waals surface area (Å²) in [5.41, 5.74) is 3.04. The fourth-order valence-electron chi connectivity index (χ4n) is 2.96. The standard InChI is InChI=1S/C20H18FN5/c1-14-22-7-8-26(14)12-16-4-2-3-15(9-16)11-23-20-18-10-17(21)5-6-19(18)24-13-25-20/h2-10,13H,11-12H2,1H3,(H,23,24,25). The van der Waals surface area contributed by atoms with Crippen LogP contribution in [0.25, 0.3) is 10.9 Å². The van der Waals surface area contributed by atoms with Crippen molar-refractivity contribution < 1.29 is 4.39 Å². The number of nitrogens with one attached hydrogen (secondary N) is 1. The zero-order valence-corrected chi connectivity index (χ0v) is 14.4. The normalized spacial score (nSPS) is 11.0. The maximum absolute atomic E-state index is 13.6. The molecule has 0 bridgehead atoms. The summed E-state index contributed by atoms with van der Waals surface area (Å²) in [7, 11) is 0. The van der Waals surface area contributed by atoms with Gasteiger partial charge in [-0.05, 0) is 36.2 Å². The molecule has 2 aromatic carbocycles. The second-order valence-electron chi connectivity index (χ2n) is 6.16. The van der Waals surface area contributed by atoms with E-state index >= 15 is 0 Å². The first kappa shape index (κ1) is 16.2. The van der Waals surface area contributed by atoms with Crippen LogP contribution < -0.4 is 5.32 Å². The number of hydrogen-bond acceptors (Lipinski definition) is 4. The van der Waals surface area contributed by atoms with Crippen LogP contribution in [0.5, 0.6) is 0 Å². The predicted octanol–water partition coefficient (Wildman–Crippen LogP) is 3.93. The Labute approximate surface area is 150 Å². The number of rotatable bonds is 5. The SMILES string of the molecule is Cc1nccn1Cc1cccc(CNc2ncnc3ccc(F)cc23)c1. The largest absolute Gasteiger partial charge is 0.365 e. The monoisotopic (exact) mass is 347 g/mol. The Morgan fingerprint density at radius 2 is 1.92 bits per heavy atom. The summed E-state index contributed by atoms with van der Waals surface area (Å²) in [6.45, 7) is 3.37. The highest BCUT2D eigenvalue weighted by Gasteiger charge is 2.06. The number of aryl methyl sites for hydroxylation is 1. The van der Waals surface area contributed by atoms with Crippen LogP contribution in [0.1, 0.15) is 17.0 Å². The third kappa shape index (κ3) is 3.39. The average Bonchev–Trinajstić information content (AvgIpc) is 3.05. The van der Waals surface area contributed by atoms with Gasteiger partial charge in [0.25, 0.3) is 0 Å². The Morgan fingerprint density at radius 1 is 1.04 bits per heavy atom. The van der Waals surface area contributed by atoms with E-state index in [0.717, 1.165) is 17.9 Å². The van der Waals surface area contributed by atoms with E-state index < -0.39 is 0 Å². The second-order valence-corrected chi connectivity index (χ2v) is 6.16. The van der Waals surface area contributed by atoms with Gasteiger partial charge in [-0.25, -0.2) is 19.3 Å². The van der Waals surface area contributed by atoms with Crippen molar-refractivity contribution in [3.63, 3.8) is 0 Å². The first-order valence-corrected chi connectivity index (χ1v) is 8.39. The number of benzene rings is 2. The number of hydrogen-bond donors (Lipinski definition) is 1. The Kier molecular flexibility index (Phi) is 4.31. The van der Waals surface area contributed by atoms with Crippen LogP contribution in [0.3, 0.4) is 0 Å². The number of anilines is 1. The van der Waals surface area contributed by atoms with Gasteiger partial charge >= 0.3 is 0 Å². The second kappa shape index (κ2) is 6.92. The Bertz CT molecular complexity index is 1060. The lowest BCUT2D eigenvalue weighted by Gasteiger charge is -2.10. The van der Waals surface area contributed by atoms with E-state index in [2.05, 4.69) is 43.0 Å². The summed E-state index contributed by atoms with van der Waals surface area (Å²) >= 11 is 0. The van der Waals surface area contributed by atoms with E-state index in [1.165, 1.54) is 24.0 Å². The Morgan fingerprint density at radius 3 is 2.77 bits per heavy atom. The molecule has 0 saturated heterocycles. The van der Waals surface area contributed by atoms with Crippen LogP contribution >= 0.6 is 0 Å². The van der Waals surface area contributed by atoms with E-state index in [-0.39, 0.29) is 5.82 Å². The van der Waals surface area contributed by atoms with Crippen LogP contribution in [0.15, 0.2) is 61.2 Å². The van der Waals surface area contributed by atoms with Crippen LogP contribution in [-0.4, -0.2) is 19.5 Å². The Hall–Kier alpha value is -3.28. The van der Waals surface area contributed by atoms with Gasteiger partial charge in [-0.1, -0.05) is 24.3 Å². The molecule has 0 aliphatic carbocycles. The topological polar surface area (TPSA) is 55.6 Å². The van der Waals surface area contributed by atoms with Crippen LogP contribution in [-0.2, 0) is 13.1 Å². The molecule has 0 spiro atoms. The maximum Gasteiger partial charge on any atom is 0.137 e. The molecule has 0 radical (unpaired) electrons. The van der Waals surface area contributed by atoms with Gasteiger partial charge in [0, 0.05) is 30.9 Å². The van der Waals surface area contributed by atoms with Crippen molar-refractivity contribution in [2.75, 3.05) is 5.32 Å². The quantitative estimate of drug-likeness (QED) is 0.594. The number of imidazole rings is 1. The molecular weight excluding hydrogens is 329 g/mol. The minimum Gasteiger partial charge on any atom is -0.365 e. The number of aromatic nitrogens is 4. The van der Waals surface area contributed by atoms with Gasteiger partial charge in [0.05, 0.1) is 5.52 Å². The van der Waals surface area contributed by atoms with Gasteiger partial charge in [-0.3, -0.25) is 0 Å². The molecule has 0 aliphatic rings. The molecule has 1 N–H and O–H groups in total. The molecule has 4 rings (SSSR count). The van der Waals surface area contributed by atoms with Gasteiger partial charge in [0.2, 0.25) is 0 Å². The van der Waals surface area contributed by atoms with Crippen LogP contribution in [0.2, 0.25) is 0 Å². The van der Waals surface area contributed by atoms with Crippen molar-refractivity contribution in [1.82, 2.24) is 19.5 Å². The lowest BCUT2D eigenvalue weighted by molar-refractivity contribution is 0.629. The minimum absolute atomic E-state index is 0.298. The summed E-state index contributed by atoms with van der Waals surface area (Å²) in [5.74, 6) is 1.32. The molecule has 2 aromatic heterocycles. The molecule has 6 heteroatoms. The van der Waals surface area contributed by atoms with Crippen molar-refractivity contribution >= 4 is 16.7 Å². The molecule has 0 aliphatic heterocycles. The van der Waals surface area contributed by atoms with E-state index in [9.17, 15) is 4.39 Å². The summed E-state index contributed by atoms with van der Waals surface area (Å²) in [6.07, 6.45) is 5.27. The van der Waals surface area contributed by atoms with Crippen molar-refractivity contribution in [3.05, 3.63) is 84.0 Å². The van der Waals surface area contributed by atoms with E-state index in [4.69, 9.17) is 0 Å². The van der Waals surface area contributed by atoms with Crippen molar-refractivity contribution in [2.45, 2.75) is 20.0 Å². The first-order chi connectivity index (χ1) is 12.7. The third-order valence-corrected chi connectivity index (χ3v) is 4.33. The van der Waals surface area contributed by atoms with Crippen molar-refractivity contribution in [1.29, 1.82) is 0 Å². The third-order valence-electron chi connectivity index (χ3n) is 4.33. The minimum atomic E-state index is -0.298. The highest BCUT2D eigenvalue weighted by molar-refractivity contribution is 5.88. The zero-order chi connectivity index (χ0) is 17.9. The number of halogens is 1. The van der Waals surface area contributed by atoms with Gasteiger partial charge < -0.3 is 9.88 Å². The van der Waals surface area contributed by atoms with Gasteiger partial charge in [-0.2, -0.15) is 0 Å². The molecule has 0 unspecified atom stereocenters. The number of fused-ring (bicyclic) bond motifs is 1. The predicted molar refractivity (Wildman–Crippen MR) is 99.3 cm³/mol. The van der Waals surface area contributed by atoms with Gasteiger partial charge in [-0.15, -0.1) is 0 Å². The molecular formula is C20H18FN5. The van der Waals surface area contributed by atoms with E-state index in [1.807, 2.05) is 19.2 Å². The molecule has 0 atom stereocenters. The lowest BCUT2D eigenvalue weighted by atomic mass is 10.1. The molecule has 0 amide bonds.